The highest BCUT2D eigenvalue weighted by Crippen LogP contribution is 2.29. The van der Waals surface area contributed by atoms with Crippen LogP contribution < -0.4 is 5.73 Å². The summed E-state index contributed by atoms with van der Waals surface area (Å²) in [5.41, 5.74) is 4.84. The molecule has 0 saturated carbocycles. The zero-order chi connectivity index (χ0) is 10.7. The van der Waals surface area contributed by atoms with Crippen LogP contribution in [0, 0.1) is 0 Å². The van der Waals surface area contributed by atoms with E-state index in [9.17, 15) is 9.59 Å². The molecule has 1 aliphatic heterocycles. The van der Waals surface area contributed by atoms with E-state index in [4.69, 9.17) is 10.5 Å². The first kappa shape index (κ1) is 10.8. The number of hydrogen-bond acceptors (Lipinski definition) is 5. The number of primary amides is 1. The van der Waals surface area contributed by atoms with Crippen LogP contribution in [0.3, 0.4) is 0 Å². The van der Waals surface area contributed by atoms with E-state index in [2.05, 4.69) is 9.73 Å². The maximum atomic E-state index is 11.2. The third kappa shape index (κ3) is 2.38. The van der Waals surface area contributed by atoms with Crippen molar-refractivity contribution >= 4 is 29.0 Å². The maximum absolute atomic E-state index is 11.2. The summed E-state index contributed by atoms with van der Waals surface area (Å²) in [5.74, 6) is -0.405. The lowest BCUT2D eigenvalue weighted by molar-refractivity contribution is -0.141. The number of rotatable bonds is 1. The number of nitrogens with two attached hydrogens (primary N) is 1. The van der Waals surface area contributed by atoms with Crippen LogP contribution in [0.25, 0.3) is 0 Å². The first-order valence-corrected chi connectivity index (χ1v) is 4.72. The molecular formula is C7H10N2O4S. The molecule has 7 heteroatoms. The van der Waals surface area contributed by atoms with Gasteiger partial charge in [-0.15, -0.1) is 0 Å². The van der Waals surface area contributed by atoms with Crippen molar-refractivity contribution in [3.63, 3.8) is 0 Å². The van der Waals surface area contributed by atoms with Crippen molar-refractivity contribution in [3.8, 4) is 0 Å². The zero-order valence-corrected chi connectivity index (χ0v) is 8.54. The van der Waals surface area contributed by atoms with Gasteiger partial charge in [0.25, 0.3) is 5.23 Å². The fraction of sp³-hybridized carbons (Fsp3) is 0.571. The van der Waals surface area contributed by atoms with E-state index >= 15 is 0 Å². The van der Waals surface area contributed by atoms with Gasteiger partial charge in [0.05, 0.1) is 7.11 Å². The SMILES string of the molecule is COC(=O)[C@H]1S/C(=N/C(N)=O)O[C@H]1C. The van der Waals surface area contributed by atoms with E-state index in [0.29, 0.717) is 0 Å². The third-order valence-electron chi connectivity index (χ3n) is 1.58. The summed E-state index contributed by atoms with van der Waals surface area (Å²) in [6.07, 6.45) is -0.370. The smallest absolute Gasteiger partial charge is 0.342 e. The Labute approximate surface area is 84.8 Å². The number of carbonyl (C=O) groups is 2. The summed E-state index contributed by atoms with van der Waals surface area (Å²) in [5, 5.41) is -0.376. The molecule has 2 atom stereocenters. The number of nitrogens with zero attached hydrogens (tertiary/aromatic N) is 1. The van der Waals surface area contributed by atoms with Gasteiger partial charge < -0.3 is 15.2 Å². The van der Waals surface area contributed by atoms with Crippen LogP contribution in [-0.2, 0) is 14.3 Å². The maximum Gasteiger partial charge on any atom is 0.342 e. The predicted molar refractivity (Wildman–Crippen MR) is 51.0 cm³/mol. The highest BCUT2D eigenvalue weighted by Gasteiger charge is 2.37. The molecule has 0 aromatic heterocycles. The molecule has 78 valence electrons. The molecule has 1 aliphatic rings. The topological polar surface area (TPSA) is 91.0 Å². The summed E-state index contributed by atoms with van der Waals surface area (Å²) >= 11 is 1.03. The second-order valence-corrected chi connectivity index (χ2v) is 3.69. The minimum absolute atomic E-state index is 0.111. The molecule has 0 bridgehead atoms. The normalized spacial score (nSPS) is 28.6. The molecule has 1 fully saturated rings. The number of carbonyl (C=O) groups excluding carboxylic acids is 2. The van der Waals surface area contributed by atoms with Gasteiger partial charge in [0.15, 0.2) is 0 Å². The quantitative estimate of drug-likeness (QED) is 0.631. The Bertz CT molecular complexity index is 291. The molecule has 1 heterocycles. The number of hydrogen-bond donors (Lipinski definition) is 1. The Balaban J connectivity index is 2.69. The minimum Gasteiger partial charge on any atom is -0.468 e. The Hall–Kier alpha value is -1.24. The molecule has 2 N–H and O–H groups in total. The molecule has 6 nitrogen and oxygen atoms in total. The first-order chi connectivity index (χ1) is 6.54. The highest BCUT2D eigenvalue weighted by molar-refractivity contribution is 8.15. The van der Waals surface area contributed by atoms with Gasteiger partial charge >= 0.3 is 12.0 Å². The van der Waals surface area contributed by atoms with Crippen LogP contribution in [0.1, 0.15) is 6.92 Å². The van der Waals surface area contributed by atoms with E-state index in [1.54, 1.807) is 6.92 Å². The summed E-state index contributed by atoms with van der Waals surface area (Å²) in [6.45, 7) is 1.69. The Morgan fingerprint density at radius 1 is 1.64 bits per heavy atom. The zero-order valence-electron chi connectivity index (χ0n) is 7.72. The molecule has 0 unspecified atom stereocenters. The summed E-state index contributed by atoms with van der Waals surface area (Å²) in [6, 6.07) is -0.842. The lowest BCUT2D eigenvalue weighted by atomic mass is 10.3. The first-order valence-electron chi connectivity index (χ1n) is 3.84. The molecule has 0 aliphatic carbocycles. The van der Waals surface area contributed by atoms with Crippen molar-refractivity contribution in [3.05, 3.63) is 0 Å². The average Bonchev–Trinajstić information content (AvgIpc) is 2.44. The summed E-state index contributed by atoms with van der Waals surface area (Å²) in [4.78, 5) is 25.0. The van der Waals surface area contributed by atoms with Crippen molar-refractivity contribution in [1.29, 1.82) is 0 Å². The molecule has 2 amide bonds. The monoisotopic (exact) mass is 218 g/mol. The van der Waals surface area contributed by atoms with E-state index in [1.165, 1.54) is 7.11 Å². The van der Waals surface area contributed by atoms with Gasteiger partial charge in [-0.25, -0.2) is 4.79 Å². The number of ether oxygens (including phenoxy) is 2. The van der Waals surface area contributed by atoms with E-state index in [0.717, 1.165) is 11.8 Å². The van der Waals surface area contributed by atoms with Crippen LogP contribution in [0.5, 0.6) is 0 Å². The number of methoxy groups -OCH3 is 1. The van der Waals surface area contributed by atoms with Gasteiger partial charge in [-0.3, -0.25) is 4.79 Å². The number of thioether (sulfide) groups is 1. The fourth-order valence-electron chi connectivity index (χ4n) is 0.952. The van der Waals surface area contributed by atoms with Crippen LogP contribution in [0.2, 0.25) is 0 Å². The Morgan fingerprint density at radius 3 is 2.79 bits per heavy atom. The van der Waals surface area contributed by atoms with Gasteiger partial charge in [0.2, 0.25) is 0 Å². The molecular weight excluding hydrogens is 208 g/mol. The van der Waals surface area contributed by atoms with Crippen molar-refractivity contribution in [1.82, 2.24) is 0 Å². The van der Waals surface area contributed by atoms with Gasteiger partial charge in [0, 0.05) is 0 Å². The van der Waals surface area contributed by atoms with Crippen molar-refractivity contribution < 1.29 is 19.1 Å². The number of aliphatic imine (C=N–C) groups is 1. The Kier molecular flexibility index (Phi) is 3.34. The largest absolute Gasteiger partial charge is 0.468 e. The van der Waals surface area contributed by atoms with Crippen LogP contribution >= 0.6 is 11.8 Å². The third-order valence-corrected chi connectivity index (χ3v) is 2.79. The fourth-order valence-corrected chi connectivity index (χ4v) is 1.96. The van der Waals surface area contributed by atoms with Crippen molar-refractivity contribution in [2.45, 2.75) is 18.3 Å². The lowest BCUT2D eigenvalue weighted by Crippen LogP contribution is -2.26. The van der Waals surface area contributed by atoms with Crippen molar-refractivity contribution in [2.75, 3.05) is 7.11 Å². The highest BCUT2D eigenvalue weighted by atomic mass is 32.2. The van der Waals surface area contributed by atoms with E-state index in [-0.39, 0.29) is 11.3 Å². The van der Waals surface area contributed by atoms with Crippen molar-refractivity contribution in [2.24, 2.45) is 10.7 Å². The number of esters is 1. The summed E-state index contributed by atoms with van der Waals surface area (Å²) in [7, 11) is 1.29. The van der Waals surface area contributed by atoms with E-state index < -0.39 is 17.3 Å². The Morgan fingerprint density at radius 2 is 2.29 bits per heavy atom. The lowest BCUT2D eigenvalue weighted by Gasteiger charge is -2.08. The second kappa shape index (κ2) is 4.32. The molecule has 1 saturated heterocycles. The molecule has 0 spiro atoms. The molecule has 14 heavy (non-hydrogen) atoms. The van der Waals surface area contributed by atoms with Gasteiger partial charge in [-0.2, -0.15) is 4.99 Å². The van der Waals surface area contributed by atoms with Crippen LogP contribution in [-0.4, -0.2) is 35.7 Å². The number of urea groups is 1. The standard InChI is InChI=1S/C7H10N2O4S/c1-3-4(5(10)12-2)14-7(13-3)9-6(8)11/h3-4H,1-2H3,(H2,8,11)/b9-7+/t3-,4-/m0/s1. The number of amides is 2. The van der Waals surface area contributed by atoms with Crippen LogP contribution in [0.4, 0.5) is 4.79 Å². The molecule has 1 rings (SSSR count). The summed E-state index contributed by atoms with van der Waals surface area (Å²) < 4.78 is 9.67. The van der Waals surface area contributed by atoms with E-state index in [1.807, 2.05) is 0 Å². The van der Waals surface area contributed by atoms with Gasteiger partial charge in [0.1, 0.15) is 11.4 Å². The average molecular weight is 218 g/mol. The minimum atomic E-state index is -0.842. The molecule has 0 radical (unpaired) electrons. The second-order valence-electron chi connectivity index (χ2n) is 2.60. The molecule has 0 aromatic carbocycles. The van der Waals surface area contributed by atoms with Gasteiger partial charge in [-0.1, -0.05) is 0 Å². The molecule has 0 aromatic rings. The predicted octanol–water partition coefficient (Wildman–Crippen LogP) is 0.115. The van der Waals surface area contributed by atoms with Gasteiger partial charge in [-0.05, 0) is 18.7 Å². The van der Waals surface area contributed by atoms with Crippen LogP contribution in [0.15, 0.2) is 4.99 Å².